The van der Waals surface area contributed by atoms with Crippen molar-refractivity contribution < 1.29 is 0 Å². The SMILES string of the molecule is Cc1cnc(C=N)cc1C. The van der Waals surface area contributed by atoms with Crippen molar-refractivity contribution in [1.82, 2.24) is 4.98 Å². The first kappa shape index (κ1) is 6.93. The second-order valence-corrected chi connectivity index (χ2v) is 2.34. The zero-order valence-corrected chi connectivity index (χ0v) is 6.18. The summed E-state index contributed by atoms with van der Waals surface area (Å²) in [5, 5.41) is 6.92. The normalized spacial score (nSPS) is 9.40. The minimum absolute atomic E-state index is 0.725. The minimum atomic E-state index is 0.725. The molecule has 0 spiro atoms. The van der Waals surface area contributed by atoms with Crippen LogP contribution in [0.1, 0.15) is 16.8 Å². The summed E-state index contributed by atoms with van der Waals surface area (Å²) >= 11 is 0. The van der Waals surface area contributed by atoms with E-state index >= 15 is 0 Å². The molecule has 0 aliphatic rings. The summed E-state index contributed by atoms with van der Waals surface area (Å²) in [6, 6.07) is 1.91. The summed E-state index contributed by atoms with van der Waals surface area (Å²) in [7, 11) is 0. The van der Waals surface area contributed by atoms with Gasteiger partial charge in [-0.2, -0.15) is 0 Å². The van der Waals surface area contributed by atoms with E-state index in [9.17, 15) is 0 Å². The molecule has 0 aromatic carbocycles. The van der Waals surface area contributed by atoms with Crippen molar-refractivity contribution in [1.29, 1.82) is 5.41 Å². The Labute approximate surface area is 60.4 Å². The van der Waals surface area contributed by atoms with Crippen LogP contribution in [0.3, 0.4) is 0 Å². The van der Waals surface area contributed by atoms with Crippen LogP contribution in [0, 0.1) is 19.3 Å². The summed E-state index contributed by atoms with van der Waals surface area (Å²) < 4.78 is 0. The average molecular weight is 134 g/mol. The Morgan fingerprint density at radius 2 is 2.10 bits per heavy atom. The van der Waals surface area contributed by atoms with Gasteiger partial charge in [0.25, 0.3) is 0 Å². The topological polar surface area (TPSA) is 36.7 Å². The first-order valence-corrected chi connectivity index (χ1v) is 3.18. The summed E-state index contributed by atoms with van der Waals surface area (Å²) in [4.78, 5) is 4.01. The molecule has 0 aliphatic carbocycles. The van der Waals surface area contributed by atoms with Crippen LogP contribution >= 0.6 is 0 Å². The molecule has 1 N–H and O–H groups in total. The van der Waals surface area contributed by atoms with Crippen molar-refractivity contribution >= 4 is 6.21 Å². The fourth-order valence-electron chi connectivity index (χ4n) is 0.725. The van der Waals surface area contributed by atoms with E-state index in [1.54, 1.807) is 6.20 Å². The maximum absolute atomic E-state index is 6.92. The second kappa shape index (κ2) is 2.60. The van der Waals surface area contributed by atoms with Gasteiger partial charge in [-0.15, -0.1) is 0 Å². The van der Waals surface area contributed by atoms with Crippen molar-refractivity contribution in [3.8, 4) is 0 Å². The molecule has 0 radical (unpaired) electrons. The molecule has 0 aliphatic heterocycles. The van der Waals surface area contributed by atoms with Crippen LogP contribution in [0.4, 0.5) is 0 Å². The molecule has 1 aromatic heterocycles. The Bertz CT molecular complexity index is 253. The van der Waals surface area contributed by atoms with Crippen molar-refractivity contribution in [2.24, 2.45) is 0 Å². The summed E-state index contributed by atoms with van der Waals surface area (Å²) in [6.45, 7) is 4.03. The molecular weight excluding hydrogens is 124 g/mol. The largest absolute Gasteiger partial charge is 0.307 e. The lowest BCUT2D eigenvalue weighted by Gasteiger charge is -1.97. The second-order valence-electron chi connectivity index (χ2n) is 2.34. The molecule has 2 nitrogen and oxygen atoms in total. The van der Waals surface area contributed by atoms with Crippen LogP contribution in [0.25, 0.3) is 0 Å². The van der Waals surface area contributed by atoms with Gasteiger partial charge in [-0.05, 0) is 31.0 Å². The molecular formula is C8H10N2. The number of nitrogens with one attached hydrogen (secondary N) is 1. The third-order valence-electron chi connectivity index (χ3n) is 1.54. The van der Waals surface area contributed by atoms with E-state index in [1.165, 1.54) is 17.3 Å². The van der Waals surface area contributed by atoms with Gasteiger partial charge in [0.1, 0.15) is 0 Å². The van der Waals surface area contributed by atoms with Gasteiger partial charge < -0.3 is 5.41 Å². The van der Waals surface area contributed by atoms with Crippen LogP contribution in [0.2, 0.25) is 0 Å². The van der Waals surface area contributed by atoms with E-state index in [4.69, 9.17) is 5.41 Å². The number of aromatic nitrogens is 1. The zero-order chi connectivity index (χ0) is 7.56. The highest BCUT2D eigenvalue weighted by Gasteiger charge is 1.92. The minimum Gasteiger partial charge on any atom is -0.307 e. The van der Waals surface area contributed by atoms with Crippen LogP contribution in [0.5, 0.6) is 0 Å². The van der Waals surface area contributed by atoms with Gasteiger partial charge in [0.15, 0.2) is 0 Å². The standard InChI is InChI=1S/C8H10N2/c1-6-3-8(4-9)10-5-7(6)2/h3-5,9H,1-2H3. The number of aryl methyl sites for hydroxylation is 2. The van der Waals surface area contributed by atoms with E-state index in [-0.39, 0.29) is 0 Å². The molecule has 1 aromatic rings. The van der Waals surface area contributed by atoms with Gasteiger partial charge in [-0.3, -0.25) is 4.98 Å². The molecule has 0 amide bonds. The van der Waals surface area contributed by atoms with Crippen molar-refractivity contribution in [3.05, 3.63) is 29.1 Å². The molecule has 2 heteroatoms. The van der Waals surface area contributed by atoms with Crippen molar-refractivity contribution in [2.45, 2.75) is 13.8 Å². The maximum Gasteiger partial charge on any atom is 0.0807 e. The number of hydrogen-bond acceptors (Lipinski definition) is 2. The van der Waals surface area contributed by atoms with Crippen LogP contribution in [-0.2, 0) is 0 Å². The van der Waals surface area contributed by atoms with Crippen molar-refractivity contribution in [2.75, 3.05) is 0 Å². The number of rotatable bonds is 1. The summed E-state index contributed by atoms with van der Waals surface area (Å²) in [5.74, 6) is 0. The quantitative estimate of drug-likeness (QED) is 0.583. The molecule has 0 atom stereocenters. The molecule has 0 fully saturated rings. The third kappa shape index (κ3) is 1.21. The highest BCUT2D eigenvalue weighted by molar-refractivity contribution is 5.74. The lowest BCUT2D eigenvalue weighted by Crippen LogP contribution is -1.89. The van der Waals surface area contributed by atoms with Gasteiger partial charge >= 0.3 is 0 Å². The zero-order valence-electron chi connectivity index (χ0n) is 6.18. The van der Waals surface area contributed by atoms with Gasteiger partial charge in [0.2, 0.25) is 0 Å². The number of hydrogen-bond donors (Lipinski definition) is 1. The highest BCUT2D eigenvalue weighted by atomic mass is 14.7. The molecule has 0 bridgehead atoms. The van der Waals surface area contributed by atoms with E-state index < -0.39 is 0 Å². The maximum atomic E-state index is 6.92. The Hall–Kier alpha value is -1.18. The Morgan fingerprint density at radius 1 is 1.40 bits per heavy atom. The van der Waals surface area contributed by atoms with E-state index in [0.29, 0.717) is 0 Å². The van der Waals surface area contributed by atoms with E-state index in [0.717, 1.165) is 5.69 Å². The third-order valence-corrected chi connectivity index (χ3v) is 1.54. The van der Waals surface area contributed by atoms with Crippen LogP contribution in [-0.4, -0.2) is 11.2 Å². The number of pyridine rings is 1. The summed E-state index contributed by atoms with van der Waals surface area (Å²) in [5.41, 5.74) is 3.09. The lowest BCUT2D eigenvalue weighted by molar-refractivity contribution is 1.20. The predicted octanol–water partition coefficient (Wildman–Crippen LogP) is 1.70. The average Bonchev–Trinajstić information content (AvgIpc) is 1.95. The molecule has 10 heavy (non-hydrogen) atoms. The first-order chi connectivity index (χ1) is 4.74. The van der Waals surface area contributed by atoms with E-state index in [1.807, 2.05) is 19.9 Å². The predicted molar refractivity (Wildman–Crippen MR) is 41.6 cm³/mol. The molecule has 0 unspecified atom stereocenters. The molecule has 1 heterocycles. The first-order valence-electron chi connectivity index (χ1n) is 3.18. The summed E-state index contributed by atoms with van der Waals surface area (Å²) in [6.07, 6.45) is 3.04. The van der Waals surface area contributed by atoms with Crippen molar-refractivity contribution in [3.63, 3.8) is 0 Å². The van der Waals surface area contributed by atoms with Gasteiger partial charge in [-0.25, -0.2) is 0 Å². The molecule has 1 rings (SSSR count). The van der Waals surface area contributed by atoms with E-state index in [2.05, 4.69) is 4.98 Å². The Morgan fingerprint density at radius 3 is 2.60 bits per heavy atom. The van der Waals surface area contributed by atoms with Gasteiger partial charge in [-0.1, -0.05) is 0 Å². The molecule has 0 saturated carbocycles. The van der Waals surface area contributed by atoms with Crippen LogP contribution in [0.15, 0.2) is 12.3 Å². The monoisotopic (exact) mass is 134 g/mol. The lowest BCUT2D eigenvalue weighted by atomic mass is 10.1. The molecule has 52 valence electrons. The smallest absolute Gasteiger partial charge is 0.0807 e. The van der Waals surface area contributed by atoms with Crippen LogP contribution < -0.4 is 0 Å². The number of nitrogens with zero attached hydrogens (tertiary/aromatic N) is 1. The fraction of sp³-hybridized carbons (Fsp3) is 0.250. The van der Waals surface area contributed by atoms with Gasteiger partial charge in [0, 0.05) is 12.4 Å². The van der Waals surface area contributed by atoms with Gasteiger partial charge in [0.05, 0.1) is 5.69 Å². The Balaban J connectivity index is 3.16. The molecule has 0 saturated heterocycles. The highest BCUT2D eigenvalue weighted by Crippen LogP contribution is 2.04. The fourth-order valence-corrected chi connectivity index (χ4v) is 0.725. The Kier molecular flexibility index (Phi) is 1.81.